The molecule has 2 atom stereocenters. The Hall–Kier alpha value is -3.29. The maximum atomic E-state index is 11.8. The molecular formula is C23H27N5O3. The number of aryl methyl sites for hydroxylation is 1. The number of ether oxygens (including phenoxy) is 1. The summed E-state index contributed by atoms with van der Waals surface area (Å²) in [4.78, 5) is 26.1. The molecule has 2 saturated heterocycles. The van der Waals surface area contributed by atoms with Gasteiger partial charge in [-0.3, -0.25) is 4.79 Å². The number of nitrogens with zero attached hydrogens (tertiary/aromatic N) is 5. The van der Waals surface area contributed by atoms with E-state index in [0.29, 0.717) is 13.1 Å². The van der Waals surface area contributed by atoms with Gasteiger partial charge in [0.2, 0.25) is 5.91 Å². The first-order valence-corrected chi connectivity index (χ1v) is 10.7. The number of methoxy groups -OCH3 is 1. The summed E-state index contributed by atoms with van der Waals surface area (Å²) in [5, 5.41) is 4.47. The minimum Gasteiger partial charge on any atom is -0.495 e. The number of oxime groups is 1. The van der Waals surface area contributed by atoms with Crippen LogP contribution in [-0.2, 0) is 9.63 Å². The van der Waals surface area contributed by atoms with Crippen LogP contribution in [0.15, 0.2) is 41.5 Å². The number of aromatic nitrogens is 2. The smallest absolute Gasteiger partial charge is 0.219 e. The van der Waals surface area contributed by atoms with Gasteiger partial charge in [0, 0.05) is 26.2 Å². The first-order valence-electron chi connectivity index (χ1n) is 10.7. The summed E-state index contributed by atoms with van der Waals surface area (Å²) < 4.78 is 7.62. The lowest BCUT2D eigenvalue weighted by Crippen LogP contribution is -2.53. The molecule has 0 radical (unpaired) electrons. The van der Waals surface area contributed by atoms with E-state index in [9.17, 15) is 4.79 Å². The normalized spacial score (nSPS) is 23.8. The quantitative estimate of drug-likeness (QED) is 0.762. The number of hydrogen-bond donors (Lipinski definition) is 0. The monoisotopic (exact) mass is 421 g/mol. The Morgan fingerprint density at radius 1 is 1.32 bits per heavy atom. The number of carbonyl (C=O) groups excluding carboxylic acids is 1. The largest absolute Gasteiger partial charge is 0.495 e. The third-order valence-electron chi connectivity index (χ3n) is 6.30. The van der Waals surface area contributed by atoms with E-state index in [1.54, 1.807) is 20.4 Å². The molecule has 0 aliphatic carbocycles. The molecule has 3 aliphatic rings. The number of piperidine rings is 1. The number of likely N-dealkylation sites (tertiary alicyclic amines) is 1. The van der Waals surface area contributed by atoms with Crippen molar-refractivity contribution in [2.45, 2.75) is 38.8 Å². The number of amidine groups is 1. The Kier molecular flexibility index (Phi) is 4.92. The third-order valence-corrected chi connectivity index (χ3v) is 6.30. The first kappa shape index (κ1) is 19.7. The molecule has 0 saturated carbocycles. The van der Waals surface area contributed by atoms with Crippen LogP contribution in [0.3, 0.4) is 0 Å². The molecule has 8 nitrogen and oxygen atoms in total. The molecule has 4 heterocycles. The van der Waals surface area contributed by atoms with Crippen LogP contribution in [0.5, 0.6) is 5.75 Å². The highest BCUT2D eigenvalue weighted by Gasteiger charge is 2.45. The fourth-order valence-electron chi connectivity index (χ4n) is 4.70. The van der Waals surface area contributed by atoms with Crippen LogP contribution in [0.1, 0.15) is 31.0 Å². The standard InChI is InChI=1S/C23H27N5O3/c1-15-11-27(14-24-15)19-7-6-17(10-21(19)30-3)9-18-5-4-8-28-20-12-26(16(2)29)13-22(20)31-25-23(18)28/h6-7,9-11,14,20,22H,4-5,8,12-13H2,1-3H3. The number of benzene rings is 1. The second-order valence-electron chi connectivity index (χ2n) is 8.37. The Morgan fingerprint density at radius 2 is 2.19 bits per heavy atom. The molecule has 1 aromatic heterocycles. The van der Waals surface area contributed by atoms with Crippen molar-refractivity contribution < 1.29 is 14.4 Å². The summed E-state index contributed by atoms with van der Waals surface area (Å²) in [6, 6.07) is 6.33. The van der Waals surface area contributed by atoms with Crippen LogP contribution in [0.25, 0.3) is 11.8 Å². The molecule has 8 heteroatoms. The first-order chi connectivity index (χ1) is 15.0. The van der Waals surface area contributed by atoms with Gasteiger partial charge in [-0.2, -0.15) is 0 Å². The number of hydrogen-bond acceptors (Lipinski definition) is 6. The number of amides is 1. The van der Waals surface area contributed by atoms with E-state index in [1.165, 1.54) is 0 Å². The average molecular weight is 422 g/mol. The highest BCUT2D eigenvalue weighted by molar-refractivity contribution is 6.03. The topological polar surface area (TPSA) is 72.2 Å². The second kappa shape index (κ2) is 7.76. The number of carbonyl (C=O) groups is 1. The predicted molar refractivity (Wildman–Crippen MR) is 117 cm³/mol. The van der Waals surface area contributed by atoms with Gasteiger partial charge in [-0.15, -0.1) is 0 Å². The third kappa shape index (κ3) is 3.56. The van der Waals surface area contributed by atoms with E-state index in [4.69, 9.17) is 9.57 Å². The van der Waals surface area contributed by atoms with E-state index in [0.717, 1.165) is 53.5 Å². The van der Waals surface area contributed by atoms with Crippen LogP contribution in [0.2, 0.25) is 0 Å². The average Bonchev–Trinajstić information content (AvgIpc) is 3.40. The summed E-state index contributed by atoms with van der Waals surface area (Å²) in [6.45, 7) is 5.82. The molecule has 3 aliphatic heterocycles. The van der Waals surface area contributed by atoms with Crippen LogP contribution in [0, 0.1) is 6.92 Å². The van der Waals surface area contributed by atoms with Crippen LogP contribution in [-0.4, -0.2) is 70.0 Å². The van der Waals surface area contributed by atoms with Crippen molar-refractivity contribution in [3.05, 3.63) is 47.6 Å². The molecule has 162 valence electrons. The highest BCUT2D eigenvalue weighted by Crippen LogP contribution is 2.32. The van der Waals surface area contributed by atoms with Crippen molar-refractivity contribution >= 4 is 17.8 Å². The Morgan fingerprint density at radius 3 is 2.94 bits per heavy atom. The van der Waals surface area contributed by atoms with Crippen molar-refractivity contribution in [2.24, 2.45) is 5.16 Å². The van der Waals surface area contributed by atoms with Crippen molar-refractivity contribution in [1.82, 2.24) is 19.4 Å². The molecular weight excluding hydrogens is 394 g/mol. The molecule has 0 N–H and O–H groups in total. The van der Waals surface area contributed by atoms with Crippen molar-refractivity contribution in [1.29, 1.82) is 0 Å². The maximum Gasteiger partial charge on any atom is 0.219 e. The van der Waals surface area contributed by atoms with Gasteiger partial charge < -0.3 is 23.9 Å². The van der Waals surface area contributed by atoms with Gasteiger partial charge in [-0.25, -0.2) is 4.98 Å². The maximum absolute atomic E-state index is 11.8. The lowest BCUT2D eigenvalue weighted by Gasteiger charge is -2.40. The van der Waals surface area contributed by atoms with Gasteiger partial charge in [-0.1, -0.05) is 11.2 Å². The second-order valence-corrected chi connectivity index (χ2v) is 8.37. The van der Waals surface area contributed by atoms with E-state index in [2.05, 4.69) is 27.2 Å². The number of rotatable bonds is 3. The molecule has 1 aromatic carbocycles. The van der Waals surface area contributed by atoms with Gasteiger partial charge in [0.15, 0.2) is 11.9 Å². The molecule has 5 rings (SSSR count). The minimum absolute atomic E-state index is 0.0509. The molecule has 2 aromatic rings. The zero-order valence-corrected chi connectivity index (χ0v) is 18.1. The van der Waals surface area contributed by atoms with Gasteiger partial charge in [0.1, 0.15) is 5.75 Å². The molecule has 0 bridgehead atoms. The minimum atomic E-state index is -0.0509. The Bertz CT molecular complexity index is 1070. The van der Waals surface area contributed by atoms with Crippen LogP contribution >= 0.6 is 0 Å². The SMILES string of the molecule is COc1cc(C=C2CCCN3C2=NOC2CN(C(C)=O)CC23)ccc1-n1cnc(C)c1. The Labute approximate surface area is 181 Å². The van der Waals surface area contributed by atoms with Gasteiger partial charge in [0.05, 0.1) is 37.4 Å². The van der Waals surface area contributed by atoms with Gasteiger partial charge >= 0.3 is 0 Å². The lowest BCUT2D eigenvalue weighted by molar-refractivity contribution is -0.128. The van der Waals surface area contributed by atoms with E-state index < -0.39 is 0 Å². The van der Waals surface area contributed by atoms with Gasteiger partial charge in [-0.05, 0) is 49.1 Å². The zero-order chi connectivity index (χ0) is 21.5. The van der Waals surface area contributed by atoms with E-state index in [-0.39, 0.29) is 18.1 Å². The molecule has 31 heavy (non-hydrogen) atoms. The fraction of sp³-hybridized carbons (Fsp3) is 0.435. The number of fused-ring (bicyclic) bond motifs is 3. The van der Waals surface area contributed by atoms with E-state index in [1.807, 2.05) is 34.7 Å². The van der Waals surface area contributed by atoms with Crippen LogP contribution in [0.4, 0.5) is 0 Å². The van der Waals surface area contributed by atoms with E-state index >= 15 is 0 Å². The summed E-state index contributed by atoms with van der Waals surface area (Å²) in [7, 11) is 1.68. The predicted octanol–water partition coefficient (Wildman–Crippen LogP) is 2.61. The Balaban J connectivity index is 1.43. The zero-order valence-electron chi connectivity index (χ0n) is 18.1. The summed E-state index contributed by atoms with van der Waals surface area (Å²) in [5.41, 5.74) is 4.11. The molecule has 0 spiro atoms. The fourth-order valence-corrected chi connectivity index (χ4v) is 4.70. The molecule has 1 amide bonds. The van der Waals surface area contributed by atoms with Gasteiger partial charge in [0.25, 0.3) is 0 Å². The summed E-state index contributed by atoms with van der Waals surface area (Å²) in [6.07, 6.45) is 7.88. The number of imidazole rings is 1. The van der Waals surface area contributed by atoms with Crippen molar-refractivity contribution in [3.63, 3.8) is 0 Å². The summed E-state index contributed by atoms with van der Waals surface area (Å²) >= 11 is 0. The van der Waals surface area contributed by atoms with Crippen molar-refractivity contribution in [3.8, 4) is 11.4 Å². The molecule has 2 unspecified atom stereocenters. The van der Waals surface area contributed by atoms with Crippen LogP contribution < -0.4 is 4.74 Å². The van der Waals surface area contributed by atoms with Crippen molar-refractivity contribution in [2.75, 3.05) is 26.7 Å². The molecule has 2 fully saturated rings. The summed E-state index contributed by atoms with van der Waals surface area (Å²) in [5.74, 6) is 1.77. The highest BCUT2D eigenvalue weighted by atomic mass is 16.6. The lowest BCUT2D eigenvalue weighted by atomic mass is 9.97.